The molecule has 1 fully saturated rings. The normalized spacial score (nSPS) is 15.1. The van der Waals surface area contributed by atoms with E-state index in [4.69, 9.17) is 0 Å². The summed E-state index contributed by atoms with van der Waals surface area (Å²) in [7, 11) is 2.02. The smallest absolute Gasteiger partial charge is 0.203 e. The van der Waals surface area contributed by atoms with E-state index < -0.39 is 0 Å². The van der Waals surface area contributed by atoms with Gasteiger partial charge in [-0.05, 0) is 12.8 Å². The molecule has 0 spiro atoms. The number of nitrogens with zero attached hydrogens (tertiary/aromatic N) is 4. The maximum Gasteiger partial charge on any atom is 0.203 e. The number of aromatic nitrogens is 4. The molecule has 5 nitrogen and oxygen atoms in total. The molecule has 0 unspecified atom stereocenters. The van der Waals surface area contributed by atoms with Gasteiger partial charge < -0.3 is 14.5 Å². The lowest BCUT2D eigenvalue weighted by Crippen LogP contribution is -2.12. The van der Waals surface area contributed by atoms with Crippen LogP contribution in [0.25, 0.3) is 0 Å². The fourth-order valence-corrected chi connectivity index (χ4v) is 2.02. The van der Waals surface area contributed by atoms with Crippen molar-refractivity contribution in [1.82, 2.24) is 19.1 Å². The fraction of sp³-hybridized carbons (Fsp3) is 0.500. The lowest BCUT2D eigenvalue weighted by atomic mass is 10.4. The van der Waals surface area contributed by atoms with Gasteiger partial charge in [-0.25, -0.2) is 9.97 Å². The van der Waals surface area contributed by atoms with Crippen LogP contribution >= 0.6 is 0 Å². The van der Waals surface area contributed by atoms with Gasteiger partial charge >= 0.3 is 0 Å². The van der Waals surface area contributed by atoms with E-state index in [0.29, 0.717) is 6.04 Å². The van der Waals surface area contributed by atoms with Crippen LogP contribution in [0.4, 0.5) is 5.95 Å². The van der Waals surface area contributed by atoms with Gasteiger partial charge in [0, 0.05) is 50.8 Å². The van der Waals surface area contributed by atoms with Crippen molar-refractivity contribution >= 4 is 5.95 Å². The molecule has 0 saturated heterocycles. The van der Waals surface area contributed by atoms with Crippen molar-refractivity contribution in [3.8, 4) is 0 Å². The number of nitrogens with one attached hydrogen (secondary N) is 1. The molecule has 0 aliphatic heterocycles. The molecule has 0 amide bonds. The van der Waals surface area contributed by atoms with Crippen LogP contribution in [0, 0.1) is 0 Å². The van der Waals surface area contributed by atoms with Gasteiger partial charge in [0.2, 0.25) is 5.95 Å². The quantitative estimate of drug-likeness (QED) is 0.850. The third-order valence-electron chi connectivity index (χ3n) is 3.16. The van der Waals surface area contributed by atoms with E-state index in [1.807, 2.05) is 25.6 Å². The monoisotopic (exact) mass is 231 g/mol. The maximum atomic E-state index is 4.34. The average Bonchev–Trinajstić information content (AvgIpc) is 2.93. The van der Waals surface area contributed by atoms with Crippen molar-refractivity contribution in [3.63, 3.8) is 0 Å². The summed E-state index contributed by atoms with van der Waals surface area (Å²) in [6.07, 6.45) is 11.2. The lowest BCUT2D eigenvalue weighted by molar-refractivity contribution is 0.734. The van der Waals surface area contributed by atoms with E-state index in [1.165, 1.54) is 12.8 Å². The van der Waals surface area contributed by atoms with Crippen molar-refractivity contribution < 1.29 is 0 Å². The molecule has 1 aliphatic carbocycles. The fourth-order valence-electron chi connectivity index (χ4n) is 2.02. The summed E-state index contributed by atoms with van der Waals surface area (Å²) in [5.74, 6) is 2.09. The van der Waals surface area contributed by atoms with Crippen molar-refractivity contribution in [2.24, 2.45) is 7.05 Å². The van der Waals surface area contributed by atoms with Gasteiger partial charge in [-0.3, -0.25) is 0 Å². The van der Waals surface area contributed by atoms with Crippen molar-refractivity contribution in [3.05, 3.63) is 30.6 Å². The first-order valence-corrected chi connectivity index (χ1v) is 6.07. The van der Waals surface area contributed by atoms with Gasteiger partial charge in [-0.2, -0.15) is 0 Å². The van der Waals surface area contributed by atoms with Crippen LogP contribution in [-0.2, 0) is 13.5 Å². The minimum Gasteiger partial charge on any atom is -0.355 e. The first-order chi connectivity index (χ1) is 8.34. The second-order valence-corrected chi connectivity index (χ2v) is 4.52. The second kappa shape index (κ2) is 4.24. The summed E-state index contributed by atoms with van der Waals surface area (Å²) in [6, 6.07) is 0.674. The molecule has 2 heterocycles. The molecule has 0 atom stereocenters. The molecule has 3 rings (SSSR count). The standard InChI is InChI=1S/C12H17N5/c1-16-8-6-13-11(16)4-5-14-12-15-7-9-17(12)10-2-3-10/h6-10H,2-5H2,1H3,(H,14,15). The number of anilines is 1. The zero-order valence-electron chi connectivity index (χ0n) is 10.0. The molecule has 0 aromatic carbocycles. The molecule has 0 bridgehead atoms. The molecule has 17 heavy (non-hydrogen) atoms. The second-order valence-electron chi connectivity index (χ2n) is 4.52. The van der Waals surface area contributed by atoms with Crippen LogP contribution in [0.3, 0.4) is 0 Å². The van der Waals surface area contributed by atoms with Crippen LogP contribution in [-0.4, -0.2) is 25.6 Å². The summed E-state index contributed by atoms with van der Waals surface area (Å²) in [6.45, 7) is 0.870. The number of imidazole rings is 2. The molecule has 1 aliphatic rings. The van der Waals surface area contributed by atoms with E-state index in [0.717, 1.165) is 24.7 Å². The summed E-state index contributed by atoms with van der Waals surface area (Å²) >= 11 is 0. The van der Waals surface area contributed by atoms with Crippen molar-refractivity contribution in [2.75, 3.05) is 11.9 Å². The van der Waals surface area contributed by atoms with Crippen LogP contribution in [0.15, 0.2) is 24.8 Å². The molecule has 2 aromatic rings. The van der Waals surface area contributed by atoms with Crippen LogP contribution in [0.2, 0.25) is 0 Å². The van der Waals surface area contributed by atoms with Gasteiger partial charge in [0.1, 0.15) is 5.82 Å². The molecule has 0 radical (unpaired) electrons. The molecular weight excluding hydrogens is 214 g/mol. The highest BCUT2D eigenvalue weighted by molar-refractivity contribution is 5.27. The Morgan fingerprint density at radius 3 is 2.82 bits per heavy atom. The summed E-state index contributed by atoms with van der Waals surface area (Å²) in [5.41, 5.74) is 0. The van der Waals surface area contributed by atoms with Gasteiger partial charge in [0.15, 0.2) is 0 Å². The van der Waals surface area contributed by atoms with Crippen molar-refractivity contribution in [1.29, 1.82) is 0 Å². The van der Waals surface area contributed by atoms with Crippen LogP contribution in [0.5, 0.6) is 0 Å². The molecular formula is C12H17N5. The van der Waals surface area contributed by atoms with Gasteiger partial charge in [0.05, 0.1) is 0 Å². The minimum absolute atomic E-state index is 0.674. The largest absolute Gasteiger partial charge is 0.355 e. The first-order valence-electron chi connectivity index (χ1n) is 6.07. The molecule has 90 valence electrons. The predicted octanol–water partition coefficient (Wildman–Crippen LogP) is 1.61. The Hall–Kier alpha value is -1.78. The highest BCUT2D eigenvalue weighted by Gasteiger charge is 2.25. The maximum absolute atomic E-state index is 4.34. The third kappa shape index (κ3) is 2.18. The number of hydrogen-bond acceptors (Lipinski definition) is 3. The first kappa shape index (κ1) is 10.4. The Morgan fingerprint density at radius 1 is 1.29 bits per heavy atom. The van der Waals surface area contributed by atoms with Crippen molar-refractivity contribution in [2.45, 2.75) is 25.3 Å². The topological polar surface area (TPSA) is 47.7 Å². The van der Waals surface area contributed by atoms with Crippen LogP contribution in [0.1, 0.15) is 24.7 Å². The molecule has 1 saturated carbocycles. The Labute approximate surface area is 100 Å². The van der Waals surface area contributed by atoms with E-state index in [1.54, 1.807) is 0 Å². The third-order valence-corrected chi connectivity index (χ3v) is 3.16. The minimum atomic E-state index is 0.674. The summed E-state index contributed by atoms with van der Waals surface area (Å²) in [4.78, 5) is 8.64. The predicted molar refractivity (Wildman–Crippen MR) is 65.9 cm³/mol. The molecule has 2 aromatic heterocycles. The Morgan fingerprint density at radius 2 is 2.12 bits per heavy atom. The number of hydrogen-bond donors (Lipinski definition) is 1. The highest BCUT2D eigenvalue weighted by Crippen LogP contribution is 2.36. The zero-order chi connectivity index (χ0) is 11.7. The Balaban J connectivity index is 1.57. The Kier molecular flexibility index (Phi) is 2.59. The highest BCUT2D eigenvalue weighted by atomic mass is 15.2. The van der Waals surface area contributed by atoms with E-state index in [-0.39, 0.29) is 0 Å². The average molecular weight is 231 g/mol. The van der Waals surface area contributed by atoms with E-state index in [9.17, 15) is 0 Å². The zero-order valence-corrected chi connectivity index (χ0v) is 10.0. The van der Waals surface area contributed by atoms with E-state index in [2.05, 4.69) is 30.6 Å². The number of rotatable bonds is 5. The lowest BCUT2D eigenvalue weighted by Gasteiger charge is -2.08. The van der Waals surface area contributed by atoms with Gasteiger partial charge in [-0.15, -0.1) is 0 Å². The number of aryl methyl sites for hydroxylation is 1. The molecule has 1 N–H and O–H groups in total. The Bertz CT molecular complexity index is 494. The van der Waals surface area contributed by atoms with Gasteiger partial charge in [-0.1, -0.05) is 0 Å². The molecule has 5 heteroatoms. The summed E-state index contributed by atoms with van der Waals surface area (Å²) < 4.78 is 4.29. The van der Waals surface area contributed by atoms with Gasteiger partial charge in [0.25, 0.3) is 0 Å². The SMILES string of the molecule is Cn1ccnc1CCNc1nccn1C1CC1. The van der Waals surface area contributed by atoms with Crippen LogP contribution < -0.4 is 5.32 Å². The van der Waals surface area contributed by atoms with E-state index >= 15 is 0 Å². The summed E-state index contributed by atoms with van der Waals surface area (Å²) in [5, 5.41) is 3.38.